The summed E-state index contributed by atoms with van der Waals surface area (Å²) in [6.45, 7) is 0. The molecule has 0 fully saturated rings. The van der Waals surface area contributed by atoms with Crippen molar-refractivity contribution in [2.24, 2.45) is 0 Å². The topological polar surface area (TPSA) is 0 Å². The normalized spacial score (nSPS) is 0. The molecule has 0 aliphatic rings. The quantitative estimate of drug-likeness (QED) is 0.484. The van der Waals surface area contributed by atoms with Crippen LogP contribution in [0.5, 0.6) is 0 Å². The van der Waals surface area contributed by atoms with Crippen LogP contribution >= 0.6 is 0 Å². The van der Waals surface area contributed by atoms with Crippen molar-refractivity contribution in [3.05, 3.63) is 7.43 Å². The van der Waals surface area contributed by atoms with Crippen LogP contribution in [0.4, 0.5) is 0 Å². The summed E-state index contributed by atoms with van der Waals surface area (Å²) >= 11 is 0. The molecule has 0 atom stereocenters. The molecule has 0 aliphatic heterocycles. The van der Waals surface area contributed by atoms with Gasteiger partial charge in [0.2, 0.25) is 0 Å². The molecule has 5 heavy (non-hydrogen) atoms. The molecule has 0 aromatic carbocycles. The van der Waals surface area contributed by atoms with Crippen LogP contribution in [0, 0.1) is 49.2 Å². The van der Waals surface area contributed by atoms with E-state index in [-0.39, 0.29) is 94.3 Å². The summed E-state index contributed by atoms with van der Waals surface area (Å²) in [5.41, 5.74) is 0. The van der Waals surface area contributed by atoms with E-state index < -0.39 is 0 Å². The van der Waals surface area contributed by atoms with Gasteiger partial charge in [-0.05, 0) is 11.0 Å². The van der Waals surface area contributed by atoms with Gasteiger partial charge in [-0.2, -0.15) is 0 Å². The van der Waals surface area contributed by atoms with Crippen molar-refractivity contribution in [3.8, 4) is 0 Å². The molecule has 0 saturated heterocycles. The molecule has 35 valence electrons. The Morgan fingerprint density at radius 3 is 1.00 bits per heavy atom. The van der Waals surface area contributed by atoms with Gasteiger partial charge >= 0.3 is 0 Å². The van der Waals surface area contributed by atoms with Gasteiger partial charge in [-0.3, -0.25) is 0 Å². The SMILES string of the molecule is [C].[Ce].[Cu].[Fe].[SiH4]. The van der Waals surface area contributed by atoms with Gasteiger partial charge < -0.3 is 0 Å². The molecule has 0 spiro atoms. The van der Waals surface area contributed by atoms with E-state index in [4.69, 9.17) is 0 Å². The van der Waals surface area contributed by atoms with Crippen LogP contribution in [0.15, 0.2) is 0 Å². The van der Waals surface area contributed by atoms with Gasteiger partial charge in [-0.15, -0.1) is 0 Å². The van der Waals surface area contributed by atoms with Gasteiger partial charge in [-0.1, -0.05) is 0 Å². The van der Waals surface area contributed by atoms with Crippen molar-refractivity contribution in [3.63, 3.8) is 0 Å². The van der Waals surface area contributed by atoms with Crippen molar-refractivity contribution in [2.45, 2.75) is 0 Å². The Hall–Kier alpha value is 2.63. The van der Waals surface area contributed by atoms with Crippen LogP contribution in [0.25, 0.3) is 0 Å². The average molecular weight is 304 g/mol. The Morgan fingerprint density at radius 2 is 1.00 bits per heavy atom. The van der Waals surface area contributed by atoms with Gasteiger partial charge in [0.25, 0.3) is 0 Å². The first kappa shape index (κ1) is 48.4. The molecular formula is CH4CeCuFeSi. The molecule has 0 rings (SSSR count). The van der Waals surface area contributed by atoms with Gasteiger partial charge in [0, 0.05) is 83.3 Å². The van der Waals surface area contributed by atoms with Gasteiger partial charge in [0.05, 0.1) is 0 Å². The zero-order valence-electron chi connectivity index (χ0n) is 1.66. The second-order valence-corrected chi connectivity index (χ2v) is 0. The first-order chi connectivity index (χ1) is 0. The summed E-state index contributed by atoms with van der Waals surface area (Å²) in [4.78, 5) is 0. The third-order valence-corrected chi connectivity index (χ3v) is 0. The third kappa shape index (κ3) is 20.5. The van der Waals surface area contributed by atoms with Gasteiger partial charge in [-0.25, -0.2) is 0 Å². The smallest absolute Gasteiger partial charge is 0 e. The van der Waals surface area contributed by atoms with Crippen LogP contribution in [-0.4, -0.2) is 11.0 Å². The zero-order chi connectivity index (χ0) is 0. The van der Waals surface area contributed by atoms with Crippen molar-refractivity contribution >= 4 is 11.0 Å². The zero-order valence-corrected chi connectivity index (χ0v) is 6.84. The van der Waals surface area contributed by atoms with Crippen molar-refractivity contribution in [1.29, 1.82) is 0 Å². The standard InChI is InChI=1S/C.Ce.Cu.Fe.H4Si/h;;;;1H4. The summed E-state index contributed by atoms with van der Waals surface area (Å²) in [6, 6.07) is 0. The van der Waals surface area contributed by atoms with Crippen LogP contribution in [-0.2, 0) is 34.1 Å². The van der Waals surface area contributed by atoms with Crippen molar-refractivity contribution in [2.75, 3.05) is 0 Å². The predicted molar refractivity (Wildman–Crippen MR) is 14.6 cm³/mol. The fourth-order valence-corrected chi connectivity index (χ4v) is 0. The molecule has 0 N–H and O–H groups in total. The summed E-state index contributed by atoms with van der Waals surface area (Å²) < 4.78 is 0. The Bertz CT molecular complexity index is 11.6. The van der Waals surface area contributed by atoms with E-state index in [1.54, 1.807) is 0 Å². The molecule has 0 nitrogen and oxygen atoms in total. The molecular weight excluding hydrogens is 300 g/mol. The Morgan fingerprint density at radius 1 is 1.00 bits per heavy atom. The molecule has 0 unspecified atom stereocenters. The van der Waals surface area contributed by atoms with E-state index in [0.29, 0.717) is 0 Å². The van der Waals surface area contributed by atoms with Crippen molar-refractivity contribution in [1.82, 2.24) is 0 Å². The molecule has 0 aliphatic carbocycles. The van der Waals surface area contributed by atoms with Crippen LogP contribution in [0.1, 0.15) is 0 Å². The maximum atomic E-state index is 0. The second kappa shape index (κ2) is 30.4. The van der Waals surface area contributed by atoms with Gasteiger partial charge in [0.15, 0.2) is 0 Å². The third-order valence-electron chi connectivity index (χ3n) is 0. The van der Waals surface area contributed by atoms with E-state index in [0.717, 1.165) is 0 Å². The number of hydrogen-bond acceptors (Lipinski definition) is 0. The predicted octanol–water partition coefficient (Wildman–Crippen LogP) is -1.38. The minimum Gasteiger partial charge on any atom is -0.0149 e. The van der Waals surface area contributed by atoms with Crippen molar-refractivity contribution < 1.29 is 75.9 Å². The van der Waals surface area contributed by atoms with E-state index in [9.17, 15) is 0 Å². The summed E-state index contributed by atoms with van der Waals surface area (Å²) in [6.07, 6.45) is 0. The number of rotatable bonds is 0. The Kier molecular flexibility index (Phi) is 294. The first-order valence-electron chi connectivity index (χ1n) is 0. The Labute approximate surface area is 92.6 Å². The first-order valence-corrected chi connectivity index (χ1v) is 0. The monoisotopic (exact) mass is 303 g/mol. The number of hydrogen-bond donors (Lipinski definition) is 0. The average Bonchev–Trinajstić information content (AvgIpc) is 0. The second-order valence-electron chi connectivity index (χ2n) is 0. The summed E-state index contributed by atoms with van der Waals surface area (Å²) in [5, 5.41) is 0. The molecule has 0 amide bonds. The minimum atomic E-state index is 0. The van der Waals surface area contributed by atoms with Crippen LogP contribution in [0.3, 0.4) is 0 Å². The van der Waals surface area contributed by atoms with E-state index in [1.807, 2.05) is 0 Å². The fraction of sp³-hybridized carbons (Fsp3) is 0. The molecule has 0 aromatic heterocycles. The van der Waals surface area contributed by atoms with E-state index >= 15 is 0 Å². The molecule has 5 radical (unpaired) electrons. The maximum absolute atomic E-state index is 0. The van der Waals surface area contributed by atoms with Gasteiger partial charge in [0.1, 0.15) is 0 Å². The molecule has 0 saturated carbocycles. The largest absolute Gasteiger partial charge is 0.0149 e. The Balaban J connectivity index is 0. The minimum absolute atomic E-state index is 0. The summed E-state index contributed by atoms with van der Waals surface area (Å²) in [5.74, 6) is 0. The molecule has 0 bridgehead atoms. The van der Waals surface area contributed by atoms with Crippen LogP contribution < -0.4 is 0 Å². The van der Waals surface area contributed by atoms with E-state index in [1.165, 1.54) is 0 Å². The molecule has 0 heterocycles. The van der Waals surface area contributed by atoms with Crippen LogP contribution in [0.2, 0.25) is 0 Å². The maximum Gasteiger partial charge on any atom is 0 e. The molecule has 4 heteroatoms. The van der Waals surface area contributed by atoms with E-state index in [2.05, 4.69) is 0 Å². The summed E-state index contributed by atoms with van der Waals surface area (Å²) in [7, 11) is 0. The molecule has 0 aromatic rings. The fourth-order valence-electron chi connectivity index (χ4n) is 0.